The standard InChI is InChI=1S/C19H19NO4S/c1-3-16-18(21)12-15-11-14(9-10-17(15)20-16)19(24-25(2,22)23)13-7-5-4-6-8-13/h4-11,19H,3,12H2,1-2H3. The Labute approximate surface area is 147 Å². The molecule has 5 nitrogen and oxygen atoms in total. The summed E-state index contributed by atoms with van der Waals surface area (Å²) >= 11 is 0. The first-order valence-corrected chi connectivity index (χ1v) is 9.86. The normalized spacial score (nSPS) is 15.4. The van der Waals surface area contributed by atoms with Crippen LogP contribution in [-0.2, 0) is 25.5 Å². The van der Waals surface area contributed by atoms with Gasteiger partial charge < -0.3 is 0 Å². The number of aliphatic imine (C=N–C) groups is 1. The molecule has 0 bridgehead atoms. The maximum atomic E-state index is 12.1. The molecule has 0 aromatic heterocycles. The van der Waals surface area contributed by atoms with Gasteiger partial charge in [0.15, 0.2) is 5.78 Å². The highest BCUT2D eigenvalue weighted by molar-refractivity contribution is 7.86. The van der Waals surface area contributed by atoms with Gasteiger partial charge in [0, 0.05) is 6.42 Å². The molecule has 0 spiro atoms. The summed E-state index contributed by atoms with van der Waals surface area (Å²) in [6.07, 6.45) is 1.15. The van der Waals surface area contributed by atoms with Crippen LogP contribution in [0.25, 0.3) is 0 Å². The SMILES string of the molecule is CCC1=Nc2ccc(C(OS(C)(=O)=O)c3ccccc3)cc2CC1=O. The van der Waals surface area contributed by atoms with Crippen molar-refractivity contribution >= 4 is 27.3 Å². The van der Waals surface area contributed by atoms with E-state index in [2.05, 4.69) is 4.99 Å². The monoisotopic (exact) mass is 357 g/mol. The lowest BCUT2D eigenvalue weighted by Crippen LogP contribution is -2.19. The Hall–Kier alpha value is -2.31. The molecule has 0 aliphatic carbocycles. The molecule has 25 heavy (non-hydrogen) atoms. The molecule has 1 heterocycles. The smallest absolute Gasteiger partial charge is 0.265 e. The quantitative estimate of drug-likeness (QED) is 0.769. The highest BCUT2D eigenvalue weighted by atomic mass is 32.2. The van der Waals surface area contributed by atoms with Crippen molar-refractivity contribution in [3.8, 4) is 0 Å². The van der Waals surface area contributed by atoms with Crippen molar-refractivity contribution in [2.75, 3.05) is 6.26 Å². The summed E-state index contributed by atoms with van der Waals surface area (Å²) in [6.45, 7) is 1.90. The highest BCUT2D eigenvalue weighted by Crippen LogP contribution is 2.33. The Balaban J connectivity index is 2.05. The van der Waals surface area contributed by atoms with E-state index in [1.807, 2.05) is 49.4 Å². The molecule has 0 radical (unpaired) electrons. The summed E-state index contributed by atoms with van der Waals surface area (Å²) in [5.74, 6) is 0.00689. The summed E-state index contributed by atoms with van der Waals surface area (Å²) in [6, 6.07) is 14.6. The molecule has 0 N–H and O–H groups in total. The van der Waals surface area contributed by atoms with Gasteiger partial charge in [-0.25, -0.2) is 4.99 Å². The lowest BCUT2D eigenvalue weighted by atomic mass is 9.94. The second-order valence-corrected chi connectivity index (χ2v) is 7.59. The van der Waals surface area contributed by atoms with Crippen LogP contribution in [0.5, 0.6) is 0 Å². The molecular formula is C19H19NO4S. The van der Waals surface area contributed by atoms with Crippen LogP contribution in [0.1, 0.15) is 36.1 Å². The van der Waals surface area contributed by atoms with E-state index >= 15 is 0 Å². The van der Waals surface area contributed by atoms with Crippen molar-refractivity contribution in [2.45, 2.75) is 25.9 Å². The first-order chi connectivity index (χ1) is 11.9. The predicted molar refractivity (Wildman–Crippen MR) is 96.8 cm³/mol. The molecule has 1 aliphatic heterocycles. The minimum absolute atomic E-state index is 0.00689. The van der Waals surface area contributed by atoms with Gasteiger partial charge in [0.2, 0.25) is 0 Å². The van der Waals surface area contributed by atoms with E-state index < -0.39 is 16.2 Å². The number of carbonyl (C=O) groups excluding carboxylic acids is 1. The van der Waals surface area contributed by atoms with E-state index in [4.69, 9.17) is 4.18 Å². The third-order valence-corrected chi connectivity index (χ3v) is 4.58. The van der Waals surface area contributed by atoms with Crippen molar-refractivity contribution in [1.29, 1.82) is 0 Å². The molecule has 1 aliphatic rings. The van der Waals surface area contributed by atoms with E-state index in [1.54, 1.807) is 6.07 Å². The molecule has 2 aromatic rings. The molecule has 1 unspecified atom stereocenters. The zero-order valence-corrected chi connectivity index (χ0v) is 14.9. The molecule has 130 valence electrons. The minimum Gasteiger partial charge on any atom is -0.292 e. The topological polar surface area (TPSA) is 72.8 Å². The average Bonchev–Trinajstić information content (AvgIpc) is 2.58. The zero-order valence-electron chi connectivity index (χ0n) is 14.1. The molecule has 3 rings (SSSR count). The lowest BCUT2D eigenvalue weighted by molar-refractivity contribution is -0.112. The van der Waals surface area contributed by atoms with Gasteiger partial charge in [-0.1, -0.05) is 49.4 Å². The molecule has 1 atom stereocenters. The van der Waals surface area contributed by atoms with E-state index in [9.17, 15) is 13.2 Å². The van der Waals surface area contributed by atoms with Crippen LogP contribution >= 0.6 is 0 Å². The summed E-state index contributed by atoms with van der Waals surface area (Å²) in [4.78, 5) is 16.5. The van der Waals surface area contributed by atoms with Crippen LogP contribution in [0, 0.1) is 0 Å². The molecule has 0 amide bonds. The van der Waals surface area contributed by atoms with Crippen molar-refractivity contribution in [3.05, 3.63) is 65.2 Å². The van der Waals surface area contributed by atoms with Crippen LogP contribution < -0.4 is 0 Å². The number of carbonyl (C=O) groups is 1. The van der Waals surface area contributed by atoms with Gasteiger partial charge in [-0.3, -0.25) is 8.98 Å². The Morgan fingerprint density at radius 1 is 1.12 bits per heavy atom. The summed E-state index contributed by atoms with van der Waals surface area (Å²) in [5, 5.41) is 0. The van der Waals surface area contributed by atoms with Gasteiger partial charge in [-0.2, -0.15) is 8.42 Å². The van der Waals surface area contributed by atoms with Crippen molar-refractivity contribution in [2.24, 2.45) is 4.99 Å². The minimum atomic E-state index is -3.66. The maximum Gasteiger partial charge on any atom is 0.265 e. The number of hydrogen-bond acceptors (Lipinski definition) is 5. The molecule has 0 fully saturated rings. The maximum absolute atomic E-state index is 12.1. The van der Waals surface area contributed by atoms with Crippen LogP contribution in [0.4, 0.5) is 5.69 Å². The Kier molecular flexibility index (Phi) is 4.83. The Bertz CT molecular complexity index is 933. The van der Waals surface area contributed by atoms with E-state index in [-0.39, 0.29) is 12.2 Å². The van der Waals surface area contributed by atoms with Crippen LogP contribution in [0.2, 0.25) is 0 Å². The second-order valence-electron chi connectivity index (χ2n) is 5.99. The number of rotatable bonds is 5. The predicted octanol–water partition coefficient (Wildman–Crippen LogP) is 3.36. The molecular weight excluding hydrogens is 338 g/mol. The lowest BCUT2D eigenvalue weighted by Gasteiger charge is -2.20. The molecule has 6 heteroatoms. The fourth-order valence-corrected chi connectivity index (χ4v) is 3.46. The van der Waals surface area contributed by atoms with Crippen molar-refractivity contribution < 1.29 is 17.4 Å². The van der Waals surface area contributed by atoms with Gasteiger partial charge in [-0.05, 0) is 29.2 Å². The largest absolute Gasteiger partial charge is 0.292 e. The number of fused-ring (bicyclic) bond motifs is 1. The Morgan fingerprint density at radius 3 is 2.48 bits per heavy atom. The number of Topliss-reactive ketones (excluding diaryl/α,β-unsaturated/α-hetero) is 1. The zero-order chi connectivity index (χ0) is 18.0. The first kappa shape index (κ1) is 17.5. The van der Waals surface area contributed by atoms with E-state index in [0.29, 0.717) is 17.7 Å². The van der Waals surface area contributed by atoms with Crippen LogP contribution in [0.15, 0.2) is 53.5 Å². The molecule has 2 aromatic carbocycles. The molecule has 0 saturated carbocycles. The fraction of sp³-hybridized carbons (Fsp3) is 0.263. The van der Waals surface area contributed by atoms with Crippen molar-refractivity contribution in [1.82, 2.24) is 0 Å². The van der Waals surface area contributed by atoms with Gasteiger partial charge in [0.1, 0.15) is 6.10 Å². The summed E-state index contributed by atoms with van der Waals surface area (Å²) < 4.78 is 28.7. The van der Waals surface area contributed by atoms with Crippen LogP contribution in [-0.4, -0.2) is 26.2 Å². The van der Waals surface area contributed by atoms with Gasteiger partial charge >= 0.3 is 0 Å². The van der Waals surface area contributed by atoms with E-state index in [1.165, 1.54) is 0 Å². The van der Waals surface area contributed by atoms with Crippen LogP contribution in [0.3, 0.4) is 0 Å². The molecule has 0 saturated heterocycles. The summed E-state index contributed by atoms with van der Waals surface area (Å²) in [5.41, 5.74) is 3.53. The van der Waals surface area contributed by atoms with Gasteiger partial charge in [0.25, 0.3) is 10.1 Å². The average molecular weight is 357 g/mol. The number of hydrogen-bond donors (Lipinski definition) is 0. The highest BCUT2D eigenvalue weighted by Gasteiger charge is 2.24. The summed E-state index contributed by atoms with van der Waals surface area (Å²) in [7, 11) is -3.66. The number of benzene rings is 2. The second kappa shape index (κ2) is 6.90. The van der Waals surface area contributed by atoms with Gasteiger partial charge in [-0.15, -0.1) is 0 Å². The van der Waals surface area contributed by atoms with Gasteiger partial charge in [0.05, 0.1) is 17.7 Å². The third-order valence-electron chi connectivity index (χ3n) is 4.04. The first-order valence-electron chi connectivity index (χ1n) is 8.04. The third kappa shape index (κ3) is 4.03. The Morgan fingerprint density at radius 2 is 1.84 bits per heavy atom. The number of nitrogens with zero attached hydrogens (tertiary/aromatic N) is 1. The number of ketones is 1. The fourth-order valence-electron chi connectivity index (χ4n) is 2.88. The van der Waals surface area contributed by atoms with Crippen molar-refractivity contribution in [3.63, 3.8) is 0 Å². The van der Waals surface area contributed by atoms with E-state index in [0.717, 1.165) is 23.1 Å².